The van der Waals surface area contributed by atoms with Crippen LogP contribution >= 0.6 is 0 Å². The summed E-state index contributed by atoms with van der Waals surface area (Å²) < 4.78 is 10.3. The first-order valence-corrected chi connectivity index (χ1v) is 4.42. The standard InChI is InChI=1S/C10H12N2O2/c1-11-6-9-8-5-7(13-2)3-4-10(8)14-12-9/h3-5,11H,6H2,1-2H3. The largest absolute Gasteiger partial charge is 0.497 e. The lowest BCUT2D eigenvalue weighted by molar-refractivity contribution is 0.415. The second kappa shape index (κ2) is 3.67. The normalized spacial score (nSPS) is 10.7. The van der Waals surface area contributed by atoms with E-state index in [1.165, 1.54) is 0 Å². The Bertz CT molecular complexity index is 437. The molecule has 0 spiro atoms. The van der Waals surface area contributed by atoms with Gasteiger partial charge in [0.15, 0.2) is 5.58 Å². The minimum absolute atomic E-state index is 0.695. The Morgan fingerprint density at radius 2 is 2.36 bits per heavy atom. The van der Waals surface area contributed by atoms with Gasteiger partial charge in [-0.05, 0) is 25.2 Å². The lowest BCUT2D eigenvalue weighted by Gasteiger charge is -1.98. The molecule has 4 nitrogen and oxygen atoms in total. The van der Waals surface area contributed by atoms with Crippen LogP contribution in [-0.2, 0) is 6.54 Å². The van der Waals surface area contributed by atoms with Gasteiger partial charge in [-0.1, -0.05) is 5.16 Å². The molecule has 0 saturated carbocycles. The van der Waals surface area contributed by atoms with Crippen molar-refractivity contribution in [3.8, 4) is 5.75 Å². The van der Waals surface area contributed by atoms with Crippen LogP contribution in [0.1, 0.15) is 5.69 Å². The molecule has 0 amide bonds. The lowest BCUT2D eigenvalue weighted by atomic mass is 10.2. The van der Waals surface area contributed by atoms with Gasteiger partial charge in [0, 0.05) is 11.9 Å². The van der Waals surface area contributed by atoms with Crippen molar-refractivity contribution >= 4 is 11.0 Å². The number of nitrogens with zero attached hydrogens (tertiary/aromatic N) is 1. The average Bonchev–Trinajstić information content (AvgIpc) is 2.61. The van der Waals surface area contributed by atoms with Gasteiger partial charge in [-0.2, -0.15) is 0 Å². The van der Waals surface area contributed by atoms with E-state index in [0.717, 1.165) is 22.4 Å². The predicted octanol–water partition coefficient (Wildman–Crippen LogP) is 1.56. The van der Waals surface area contributed by atoms with Gasteiger partial charge in [0.1, 0.15) is 11.4 Å². The fourth-order valence-electron chi connectivity index (χ4n) is 1.39. The summed E-state index contributed by atoms with van der Waals surface area (Å²) in [4.78, 5) is 0. The third-order valence-electron chi connectivity index (χ3n) is 2.10. The zero-order chi connectivity index (χ0) is 9.97. The summed E-state index contributed by atoms with van der Waals surface area (Å²) in [5.74, 6) is 0.818. The van der Waals surface area contributed by atoms with Crippen LogP contribution in [0.25, 0.3) is 11.0 Å². The van der Waals surface area contributed by atoms with Gasteiger partial charge in [0.2, 0.25) is 0 Å². The summed E-state index contributed by atoms with van der Waals surface area (Å²) in [5, 5.41) is 8.00. The molecule has 0 unspecified atom stereocenters. The molecule has 1 N–H and O–H groups in total. The molecule has 0 fully saturated rings. The van der Waals surface area contributed by atoms with E-state index in [-0.39, 0.29) is 0 Å². The van der Waals surface area contributed by atoms with Gasteiger partial charge < -0.3 is 14.6 Å². The van der Waals surface area contributed by atoms with E-state index in [2.05, 4.69) is 10.5 Å². The number of ether oxygens (including phenoxy) is 1. The first-order valence-electron chi connectivity index (χ1n) is 4.42. The molecule has 0 aliphatic heterocycles. The van der Waals surface area contributed by atoms with E-state index >= 15 is 0 Å². The van der Waals surface area contributed by atoms with Crippen LogP contribution in [0.4, 0.5) is 0 Å². The highest BCUT2D eigenvalue weighted by Crippen LogP contribution is 2.23. The van der Waals surface area contributed by atoms with Crippen LogP contribution in [0.3, 0.4) is 0 Å². The van der Waals surface area contributed by atoms with Gasteiger partial charge in [-0.25, -0.2) is 0 Å². The zero-order valence-electron chi connectivity index (χ0n) is 8.20. The van der Waals surface area contributed by atoms with E-state index < -0.39 is 0 Å². The Labute approximate surface area is 81.8 Å². The molecule has 4 heteroatoms. The fraction of sp³-hybridized carbons (Fsp3) is 0.300. The van der Waals surface area contributed by atoms with Gasteiger partial charge in [-0.15, -0.1) is 0 Å². The number of nitrogens with one attached hydrogen (secondary N) is 1. The second-order valence-electron chi connectivity index (χ2n) is 3.02. The smallest absolute Gasteiger partial charge is 0.167 e. The first kappa shape index (κ1) is 9.02. The molecule has 0 saturated heterocycles. The van der Waals surface area contributed by atoms with E-state index in [0.29, 0.717) is 6.54 Å². The van der Waals surface area contributed by atoms with Crippen molar-refractivity contribution < 1.29 is 9.26 Å². The number of methoxy groups -OCH3 is 1. The third-order valence-corrected chi connectivity index (χ3v) is 2.10. The fourth-order valence-corrected chi connectivity index (χ4v) is 1.39. The Morgan fingerprint density at radius 1 is 1.50 bits per heavy atom. The number of hydrogen-bond acceptors (Lipinski definition) is 4. The summed E-state index contributed by atoms with van der Waals surface area (Å²) in [6.45, 7) is 0.695. The minimum Gasteiger partial charge on any atom is -0.497 e. The zero-order valence-corrected chi connectivity index (χ0v) is 8.20. The Balaban J connectivity index is 2.52. The summed E-state index contributed by atoms with van der Waals surface area (Å²) in [6, 6.07) is 5.65. The number of benzene rings is 1. The maximum atomic E-state index is 5.16. The maximum Gasteiger partial charge on any atom is 0.167 e. The van der Waals surface area contributed by atoms with Gasteiger partial charge in [0.25, 0.3) is 0 Å². The Kier molecular flexibility index (Phi) is 2.37. The summed E-state index contributed by atoms with van der Waals surface area (Å²) in [6.07, 6.45) is 0. The van der Waals surface area contributed by atoms with Crippen LogP contribution in [0, 0.1) is 0 Å². The van der Waals surface area contributed by atoms with E-state index in [1.807, 2.05) is 25.2 Å². The lowest BCUT2D eigenvalue weighted by Crippen LogP contribution is -2.05. The monoisotopic (exact) mass is 192 g/mol. The molecule has 2 rings (SSSR count). The molecular weight excluding hydrogens is 180 g/mol. The Morgan fingerprint density at radius 3 is 3.07 bits per heavy atom. The molecule has 0 bridgehead atoms. The average molecular weight is 192 g/mol. The molecule has 14 heavy (non-hydrogen) atoms. The van der Waals surface area contributed by atoms with Crippen molar-refractivity contribution in [3.63, 3.8) is 0 Å². The quantitative estimate of drug-likeness (QED) is 0.801. The molecule has 0 atom stereocenters. The van der Waals surface area contributed by atoms with Crippen molar-refractivity contribution in [2.45, 2.75) is 6.54 Å². The van der Waals surface area contributed by atoms with Crippen LogP contribution in [-0.4, -0.2) is 19.3 Å². The number of fused-ring (bicyclic) bond motifs is 1. The van der Waals surface area contributed by atoms with Gasteiger partial charge >= 0.3 is 0 Å². The highest BCUT2D eigenvalue weighted by molar-refractivity contribution is 5.80. The van der Waals surface area contributed by atoms with Crippen molar-refractivity contribution in [3.05, 3.63) is 23.9 Å². The highest BCUT2D eigenvalue weighted by atomic mass is 16.5. The van der Waals surface area contributed by atoms with Crippen LogP contribution in [0.2, 0.25) is 0 Å². The number of rotatable bonds is 3. The van der Waals surface area contributed by atoms with E-state index in [1.54, 1.807) is 7.11 Å². The van der Waals surface area contributed by atoms with Crippen molar-refractivity contribution in [1.82, 2.24) is 10.5 Å². The maximum absolute atomic E-state index is 5.16. The topological polar surface area (TPSA) is 47.3 Å². The van der Waals surface area contributed by atoms with E-state index in [9.17, 15) is 0 Å². The molecule has 74 valence electrons. The van der Waals surface area contributed by atoms with Crippen LogP contribution in [0.5, 0.6) is 5.75 Å². The summed E-state index contributed by atoms with van der Waals surface area (Å²) in [5.41, 5.74) is 1.69. The molecule has 2 aromatic rings. The number of aromatic nitrogens is 1. The molecule has 1 aromatic carbocycles. The predicted molar refractivity (Wildman–Crippen MR) is 53.3 cm³/mol. The third kappa shape index (κ3) is 1.44. The van der Waals surface area contributed by atoms with Crippen LogP contribution < -0.4 is 10.1 Å². The van der Waals surface area contributed by atoms with Crippen LogP contribution in [0.15, 0.2) is 22.7 Å². The summed E-state index contributed by atoms with van der Waals surface area (Å²) >= 11 is 0. The second-order valence-corrected chi connectivity index (χ2v) is 3.02. The minimum atomic E-state index is 0.695. The van der Waals surface area contributed by atoms with Gasteiger partial charge in [-0.3, -0.25) is 0 Å². The molecule has 0 aliphatic carbocycles. The number of hydrogen-bond donors (Lipinski definition) is 1. The van der Waals surface area contributed by atoms with E-state index in [4.69, 9.17) is 9.26 Å². The van der Waals surface area contributed by atoms with Crippen molar-refractivity contribution in [2.75, 3.05) is 14.2 Å². The Hall–Kier alpha value is -1.55. The van der Waals surface area contributed by atoms with Gasteiger partial charge in [0.05, 0.1) is 7.11 Å². The molecular formula is C10H12N2O2. The summed E-state index contributed by atoms with van der Waals surface area (Å²) in [7, 11) is 3.52. The first-order chi connectivity index (χ1) is 6.85. The SMILES string of the molecule is CNCc1noc2ccc(OC)cc12. The molecule has 0 radical (unpaired) electrons. The molecule has 0 aliphatic rings. The van der Waals surface area contributed by atoms with Crippen molar-refractivity contribution in [1.29, 1.82) is 0 Å². The highest BCUT2D eigenvalue weighted by Gasteiger charge is 2.07. The molecule has 1 aromatic heterocycles. The molecule has 1 heterocycles. The van der Waals surface area contributed by atoms with Crippen molar-refractivity contribution in [2.24, 2.45) is 0 Å².